The zero-order chi connectivity index (χ0) is 15.2. The number of halogens is 7. The van der Waals surface area contributed by atoms with Crippen molar-refractivity contribution in [1.82, 2.24) is 4.90 Å². The molecule has 1 heterocycles. The number of hydrogen-bond donors (Lipinski definition) is 0. The molecule has 0 aromatic heterocycles. The van der Waals surface area contributed by atoms with Crippen LogP contribution in [-0.2, 0) is 9.53 Å². The van der Waals surface area contributed by atoms with Crippen LogP contribution in [0.1, 0.15) is 13.8 Å². The van der Waals surface area contributed by atoms with Gasteiger partial charge in [0.05, 0.1) is 5.45 Å². The summed E-state index contributed by atoms with van der Waals surface area (Å²) in [5.74, 6) is -2.30. The van der Waals surface area contributed by atoms with Gasteiger partial charge in [-0.25, -0.2) is 4.90 Å². The lowest BCUT2D eigenvalue weighted by atomic mass is 10.0. The summed E-state index contributed by atoms with van der Waals surface area (Å²) in [6, 6.07) is -1.62. The Balaban J connectivity index is 3.46. The highest BCUT2D eigenvalue weighted by atomic mass is 79.9. The number of esters is 1. The van der Waals surface area contributed by atoms with E-state index in [1.807, 2.05) is 0 Å². The number of alkyl halides is 7. The number of nitrogens with zero attached hydrogens (tertiary/aromatic N) is 1. The molecule has 1 atom stereocenters. The molecule has 1 aliphatic rings. The largest absolute Gasteiger partial charge is 0.453 e. The first-order chi connectivity index (χ1) is 8.40. The molecular weight excluding hydrogens is 348 g/mol. The zero-order valence-electron chi connectivity index (χ0n) is 9.77. The average molecular weight is 358 g/mol. The third-order valence-corrected chi connectivity index (χ3v) is 3.30. The number of carbonyl (C=O) groups excluding carboxylic acids is 1. The van der Waals surface area contributed by atoms with Crippen LogP contribution >= 0.6 is 15.9 Å². The normalized spacial score (nSPS) is 24.9. The highest BCUT2D eigenvalue weighted by Crippen LogP contribution is 2.53. The summed E-state index contributed by atoms with van der Waals surface area (Å²) in [4.78, 5) is 11.4. The van der Waals surface area contributed by atoms with Crippen molar-refractivity contribution < 1.29 is 35.9 Å². The summed E-state index contributed by atoms with van der Waals surface area (Å²) in [5.41, 5.74) is -5.41. The minimum absolute atomic E-state index is 0.0556. The van der Waals surface area contributed by atoms with E-state index in [0.717, 1.165) is 0 Å². The van der Waals surface area contributed by atoms with Crippen molar-refractivity contribution in [3.63, 3.8) is 0 Å². The topological polar surface area (TPSA) is 29.5 Å². The number of ether oxygens (including phenoxy) is 1. The standard InChI is InChI=1S/C9H10BrF6NO2/c1-4(2)5-6(18)19-7(8(11,12)13,9(14,15)16)17(5)3-10/h4-5H,3H2,1-2H3. The first-order valence-electron chi connectivity index (χ1n) is 5.09. The molecule has 10 heteroatoms. The van der Waals surface area contributed by atoms with Crippen LogP contribution in [0.15, 0.2) is 0 Å². The molecule has 0 aromatic rings. The summed E-state index contributed by atoms with van der Waals surface area (Å²) < 4.78 is 81.2. The first kappa shape index (κ1) is 16.5. The monoisotopic (exact) mass is 357 g/mol. The maximum atomic E-state index is 12.9. The van der Waals surface area contributed by atoms with Gasteiger partial charge in [0.2, 0.25) is 0 Å². The predicted octanol–water partition coefficient (Wildman–Crippen LogP) is 3.04. The molecule has 112 valence electrons. The van der Waals surface area contributed by atoms with Gasteiger partial charge in [-0.1, -0.05) is 29.8 Å². The lowest BCUT2D eigenvalue weighted by Crippen LogP contribution is -2.66. The molecule has 0 bridgehead atoms. The van der Waals surface area contributed by atoms with Crippen molar-refractivity contribution in [2.24, 2.45) is 5.92 Å². The van der Waals surface area contributed by atoms with Crippen molar-refractivity contribution in [3.05, 3.63) is 0 Å². The Morgan fingerprint density at radius 2 is 1.68 bits per heavy atom. The Bertz CT molecular complexity index is 353. The second-order valence-electron chi connectivity index (χ2n) is 4.34. The highest BCUT2D eigenvalue weighted by molar-refractivity contribution is 9.09. The van der Waals surface area contributed by atoms with E-state index in [0.29, 0.717) is 0 Å². The van der Waals surface area contributed by atoms with Gasteiger partial charge < -0.3 is 4.74 Å². The summed E-state index contributed by atoms with van der Waals surface area (Å²) in [7, 11) is 0. The van der Waals surface area contributed by atoms with E-state index in [1.165, 1.54) is 13.8 Å². The molecule has 1 saturated heterocycles. The number of hydrogen-bond acceptors (Lipinski definition) is 3. The highest BCUT2D eigenvalue weighted by Gasteiger charge is 2.81. The van der Waals surface area contributed by atoms with Crippen LogP contribution in [0.2, 0.25) is 0 Å². The Morgan fingerprint density at radius 3 is 1.95 bits per heavy atom. The van der Waals surface area contributed by atoms with Gasteiger partial charge in [-0.2, -0.15) is 26.3 Å². The van der Waals surface area contributed by atoms with Gasteiger partial charge in [0.25, 0.3) is 0 Å². The van der Waals surface area contributed by atoms with E-state index in [1.54, 1.807) is 0 Å². The van der Waals surface area contributed by atoms with E-state index >= 15 is 0 Å². The molecule has 0 spiro atoms. The molecule has 1 unspecified atom stereocenters. The SMILES string of the molecule is CC(C)C1C(=O)OC(C(F)(F)F)(C(F)(F)F)N1CBr. The van der Waals surface area contributed by atoms with E-state index in [9.17, 15) is 31.1 Å². The maximum Gasteiger partial charge on any atom is 0.453 e. The smallest absolute Gasteiger partial charge is 0.423 e. The van der Waals surface area contributed by atoms with Gasteiger partial charge >= 0.3 is 24.0 Å². The van der Waals surface area contributed by atoms with Crippen LogP contribution in [0.5, 0.6) is 0 Å². The minimum Gasteiger partial charge on any atom is -0.423 e. The quantitative estimate of drug-likeness (QED) is 0.329. The molecule has 0 aliphatic carbocycles. The number of rotatable bonds is 2. The van der Waals surface area contributed by atoms with Crippen LogP contribution in [0, 0.1) is 5.92 Å². The number of carbonyl (C=O) groups is 1. The van der Waals surface area contributed by atoms with Crippen molar-refractivity contribution in [2.45, 2.75) is 38.0 Å². The van der Waals surface area contributed by atoms with E-state index in [-0.39, 0.29) is 4.90 Å². The third-order valence-electron chi connectivity index (χ3n) is 2.76. The fraction of sp³-hybridized carbons (Fsp3) is 0.889. The van der Waals surface area contributed by atoms with Crippen LogP contribution < -0.4 is 0 Å². The van der Waals surface area contributed by atoms with Gasteiger partial charge in [0.15, 0.2) is 0 Å². The molecule has 0 N–H and O–H groups in total. The lowest BCUT2D eigenvalue weighted by Gasteiger charge is -2.39. The average Bonchev–Trinajstić information content (AvgIpc) is 2.49. The van der Waals surface area contributed by atoms with Gasteiger partial charge in [0, 0.05) is 0 Å². The van der Waals surface area contributed by atoms with Crippen LogP contribution in [-0.4, -0.2) is 40.4 Å². The van der Waals surface area contributed by atoms with Crippen LogP contribution in [0.3, 0.4) is 0 Å². The minimum atomic E-state index is -5.79. The summed E-state index contributed by atoms with van der Waals surface area (Å²) in [6.45, 7) is 2.68. The second-order valence-corrected chi connectivity index (χ2v) is 4.84. The molecule has 1 aliphatic heterocycles. The van der Waals surface area contributed by atoms with Gasteiger partial charge in [-0.15, -0.1) is 0 Å². The fourth-order valence-corrected chi connectivity index (χ4v) is 2.65. The number of cyclic esters (lactones) is 1. The van der Waals surface area contributed by atoms with Crippen molar-refractivity contribution in [1.29, 1.82) is 0 Å². The predicted molar refractivity (Wildman–Crippen MR) is 55.2 cm³/mol. The Labute approximate surface area is 113 Å². The Kier molecular flexibility index (Phi) is 4.18. The second kappa shape index (κ2) is 4.80. The molecular formula is C9H10BrF6NO2. The summed E-state index contributed by atoms with van der Waals surface area (Å²) in [5, 5.41) is 0. The van der Waals surface area contributed by atoms with Crippen molar-refractivity contribution >= 4 is 21.9 Å². The molecule has 0 aromatic carbocycles. The maximum absolute atomic E-state index is 12.9. The van der Waals surface area contributed by atoms with Gasteiger partial charge in [-0.05, 0) is 5.92 Å². The van der Waals surface area contributed by atoms with Crippen LogP contribution in [0.4, 0.5) is 26.3 Å². The molecule has 3 nitrogen and oxygen atoms in total. The third kappa shape index (κ3) is 2.32. The van der Waals surface area contributed by atoms with Crippen molar-refractivity contribution in [2.75, 3.05) is 5.45 Å². The van der Waals surface area contributed by atoms with Crippen LogP contribution in [0.25, 0.3) is 0 Å². The van der Waals surface area contributed by atoms with Crippen molar-refractivity contribution in [3.8, 4) is 0 Å². The Hall–Kier alpha value is -0.510. The molecule has 0 amide bonds. The fourth-order valence-electron chi connectivity index (χ4n) is 1.98. The van der Waals surface area contributed by atoms with Gasteiger partial charge in [-0.3, -0.25) is 4.79 Å². The van der Waals surface area contributed by atoms with E-state index in [4.69, 9.17) is 0 Å². The first-order valence-corrected chi connectivity index (χ1v) is 6.21. The Morgan fingerprint density at radius 1 is 1.26 bits per heavy atom. The van der Waals surface area contributed by atoms with Gasteiger partial charge in [0.1, 0.15) is 6.04 Å². The molecule has 1 rings (SSSR count). The molecule has 19 heavy (non-hydrogen) atoms. The van der Waals surface area contributed by atoms with E-state index < -0.39 is 41.5 Å². The molecule has 0 radical (unpaired) electrons. The van der Waals surface area contributed by atoms with E-state index in [2.05, 4.69) is 20.7 Å². The molecule has 1 fully saturated rings. The molecule has 0 saturated carbocycles. The lowest BCUT2D eigenvalue weighted by molar-refractivity contribution is -0.399. The summed E-state index contributed by atoms with van der Waals surface area (Å²) in [6.07, 6.45) is -11.6. The zero-order valence-corrected chi connectivity index (χ0v) is 11.4. The summed E-state index contributed by atoms with van der Waals surface area (Å²) >= 11 is 2.57.